The molecule has 1 fully saturated rings. The molecule has 150 valence electrons. The molecule has 3 heterocycles. The molecule has 4 rings (SSSR count). The number of hydrogen-bond donors (Lipinski definition) is 0. The average Bonchev–Trinajstić information content (AvgIpc) is 3.05. The predicted octanol–water partition coefficient (Wildman–Crippen LogP) is 1.33. The van der Waals surface area contributed by atoms with Gasteiger partial charge in [-0.25, -0.2) is 4.98 Å². The molecule has 1 amide bonds. The Labute approximate surface area is 173 Å². The van der Waals surface area contributed by atoms with E-state index in [4.69, 9.17) is 4.74 Å². The Kier molecular flexibility index (Phi) is 5.26. The lowest BCUT2D eigenvalue weighted by Gasteiger charge is -2.27. The van der Waals surface area contributed by atoms with Crippen LogP contribution >= 0.6 is 0 Å². The van der Waals surface area contributed by atoms with Crippen molar-refractivity contribution >= 4 is 17.4 Å². The van der Waals surface area contributed by atoms with Gasteiger partial charge in [-0.3, -0.25) is 14.6 Å². The number of ether oxygens (including phenoxy) is 1. The van der Waals surface area contributed by atoms with E-state index >= 15 is 0 Å². The second-order valence-electron chi connectivity index (χ2n) is 6.83. The highest BCUT2D eigenvalue weighted by molar-refractivity contribution is 6.46. The SMILES string of the molecule is COc1cccc(C2C(=C([O-])c3ccncc3)C(=O)C(=O)N2Cc2ccc[nH+]c2)c1. The van der Waals surface area contributed by atoms with Crippen LogP contribution in [0.5, 0.6) is 5.75 Å². The summed E-state index contributed by atoms with van der Waals surface area (Å²) in [6.07, 6.45) is 6.47. The monoisotopic (exact) mass is 401 g/mol. The molecule has 1 saturated heterocycles. The van der Waals surface area contributed by atoms with Crippen molar-refractivity contribution in [3.63, 3.8) is 0 Å². The van der Waals surface area contributed by atoms with Crippen molar-refractivity contribution in [1.82, 2.24) is 9.88 Å². The number of benzene rings is 1. The molecule has 2 aromatic heterocycles. The smallest absolute Gasteiger partial charge is 0.295 e. The van der Waals surface area contributed by atoms with Crippen LogP contribution in [0.2, 0.25) is 0 Å². The topological polar surface area (TPSA) is 96.7 Å². The Balaban J connectivity index is 1.87. The van der Waals surface area contributed by atoms with Crippen molar-refractivity contribution in [3.05, 3.63) is 95.6 Å². The van der Waals surface area contributed by atoms with E-state index in [2.05, 4.69) is 9.97 Å². The van der Waals surface area contributed by atoms with Crippen molar-refractivity contribution < 1.29 is 24.4 Å². The normalized spacial score (nSPS) is 17.9. The van der Waals surface area contributed by atoms with E-state index in [9.17, 15) is 14.7 Å². The first-order valence-electron chi connectivity index (χ1n) is 9.36. The second kappa shape index (κ2) is 8.16. The van der Waals surface area contributed by atoms with E-state index in [1.807, 2.05) is 12.1 Å². The summed E-state index contributed by atoms with van der Waals surface area (Å²) in [7, 11) is 1.54. The maximum absolute atomic E-state index is 13.2. The van der Waals surface area contributed by atoms with E-state index in [1.165, 1.54) is 36.5 Å². The summed E-state index contributed by atoms with van der Waals surface area (Å²) in [6.45, 7) is 0.177. The van der Waals surface area contributed by atoms with Crippen LogP contribution in [0.15, 0.2) is 78.9 Å². The molecule has 0 spiro atoms. The van der Waals surface area contributed by atoms with Gasteiger partial charge in [0.1, 0.15) is 5.75 Å². The van der Waals surface area contributed by atoms with Crippen LogP contribution in [0.4, 0.5) is 0 Å². The van der Waals surface area contributed by atoms with Gasteiger partial charge >= 0.3 is 0 Å². The van der Waals surface area contributed by atoms with Gasteiger partial charge in [0.05, 0.1) is 19.7 Å². The number of Topliss-reactive ketones (excluding diaryl/α,β-unsaturated/α-hetero) is 1. The Morgan fingerprint density at radius 3 is 2.67 bits per heavy atom. The van der Waals surface area contributed by atoms with Gasteiger partial charge in [-0.05, 0) is 41.5 Å². The van der Waals surface area contributed by atoms with Crippen LogP contribution < -0.4 is 14.8 Å². The molecule has 0 saturated carbocycles. The number of nitrogens with one attached hydrogen (secondary N) is 1. The van der Waals surface area contributed by atoms with Crippen molar-refractivity contribution in [3.8, 4) is 5.75 Å². The zero-order valence-electron chi connectivity index (χ0n) is 16.2. The third kappa shape index (κ3) is 3.53. The molecule has 0 aliphatic carbocycles. The van der Waals surface area contributed by atoms with Crippen LogP contribution in [-0.4, -0.2) is 28.7 Å². The molecule has 30 heavy (non-hydrogen) atoms. The fraction of sp³-hybridized carbons (Fsp3) is 0.130. The van der Waals surface area contributed by atoms with Crippen LogP contribution in [0, 0.1) is 0 Å². The van der Waals surface area contributed by atoms with Crippen molar-refractivity contribution in [2.75, 3.05) is 7.11 Å². The molecule has 1 aliphatic heterocycles. The third-order valence-corrected chi connectivity index (χ3v) is 5.01. The number of rotatable bonds is 5. The first-order chi connectivity index (χ1) is 14.6. The minimum atomic E-state index is -0.819. The Morgan fingerprint density at radius 1 is 1.17 bits per heavy atom. The number of aromatic amines is 1. The molecule has 1 unspecified atom stereocenters. The van der Waals surface area contributed by atoms with Crippen molar-refractivity contribution in [2.24, 2.45) is 0 Å². The first kappa shape index (κ1) is 19.3. The number of nitrogens with zero attached hydrogens (tertiary/aromatic N) is 2. The quantitative estimate of drug-likeness (QED) is 0.365. The lowest BCUT2D eigenvalue weighted by Crippen LogP contribution is -2.29. The number of likely N-dealkylation sites (tertiary alicyclic amines) is 1. The van der Waals surface area contributed by atoms with Gasteiger partial charge in [0.15, 0.2) is 12.4 Å². The highest BCUT2D eigenvalue weighted by Gasteiger charge is 2.44. The fourth-order valence-electron chi connectivity index (χ4n) is 3.58. The summed E-state index contributed by atoms with van der Waals surface area (Å²) in [4.78, 5) is 34.2. The van der Waals surface area contributed by atoms with E-state index in [0.717, 1.165) is 5.56 Å². The van der Waals surface area contributed by atoms with Crippen molar-refractivity contribution in [2.45, 2.75) is 12.6 Å². The van der Waals surface area contributed by atoms with E-state index in [-0.39, 0.29) is 12.1 Å². The number of carbonyl (C=O) groups excluding carboxylic acids is 2. The molecule has 1 N–H and O–H groups in total. The predicted molar refractivity (Wildman–Crippen MR) is 105 cm³/mol. The van der Waals surface area contributed by atoms with Gasteiger partial charge in [0.2, 0.25) is 5.78 Å². The van der Waals surface area contributed by atoms with Gasteiger partial charge in [0.25, 0.3) is 5.91 Å². The van der Waals surface area contributed by atoms with Gasteiger partial charge in [0, 0.05) is 29.6 Å². The molecule has 1 aromatic carbocycles. The zero-order valence-corrected chi connectivity index (χ0v) is 16.2. The third-order valence-electron chi connectivity index (χ3n) is 5.01. The molecular formula is C23H19N3O4. The number of carbonyl (C=O) groups is 2. The molecular weight excluding hydrogens is 382 g/mol. The number of amides is 1. The minimum absolute atomic E-state index is 0.0700. The molecule has 3 aromatic rings. The first-order valence-corrected chi connectivity index (χ1v) is 9.36. The summed E-state index contributed by atoms with van der Waals surface area (Å²) < 4.78 is 5.31. The number of H-pyrrole nitrogens is 1. The Hall–Kier alpha value is -4.00. The number of ketones is 1. The Bertz CT molecular complexity index is 1110. The van der Waals surface area contributed by atoms with Crippen LogP contribution in [0.3, 0.4) is 0 Å². The van der Waals surface area contributed by atoms with Crippen LogP contribution in [0.25, 0.3) is 5.76 Å². The largest absolute Gasteiger partial charge is 0.872 e. The fourth-order valence-corrected chi connectivity index (χ4v) is 3.58. The van der Waals surface area contributed by atoms with E-state index < -0.39 is 23.5 Å². The summed E-state index contributed by atoms with van der Waals surface area (Å²) in [5.41, 5.74) is 1.68. The molecule has 0 bridgehead atoms. The average molecular weight is 401 g/mol. The van der Waals surface area contributed by atoms with Gasteiger partial charge in [-0.1, -0.05) is 17.9 Å². The van der Waals surface area contributed by atoms with E-state index in [0.29, 0.717) is 16.9 Å². The summed E-state index contributed by atoms with van der Waals surface area (Å²) in [5, 5.41) is 13.2. The lowest BCUT2D eigenvalue weighted by atomic mass is 9.95. The highest BCUT2D eigenvalue weighted by Crippen LogP contribution is 2.40. The molecule has 1 aliphatic rings. The summed E-state index contributed by atoms with van der Waals surface area (Å²) in [6, 6.07) is 13.0. The zero-order chi connectivity index (χ0) is 21.1. The minimum Gasteiger partial charge on any atom is -0.872 e. The van der Waals surface area contributed by atoms with Gasteiger partial charge in [-0.2, -0.15) is 0 Å². The maximum atomic E-state index is 13.2. The highest BCUT2D eigenvalue weighted by atomic mass is 16.5. The number of methoxy groups -OCH3 is 1. The van der Waals surface area contributed by atoms with Crippen LogP contribution in [0.1, 0.15) is 22.7 Å². The van der Waals surface area contributed by atoms with Gasteiger partial charge < -0.3 is 14.7 Å². The lowest BCUT2D eigenvalue weighted by molar-refractivity contribution is -0.378. The maximum Gasteiger partial charge on any atom is 0.295 e. The second-order valence-corrected chi connectivity index (χ2v) is 6.83. The number of pyridine rings is 2. The molecule has 7 heteroatoms. The summed E-state index contributed by atoms with van der Waals surface area (Å²) in [5.74, 6) is -1.40. The van der Waals surface area contributed by atoms with Crippen molar-refractivity contribution in [1.29, 1.82) is 0 Å². The number of aromatic nitrogens is 2. The van der Waals surface area contributed by atoms with Crippen LogP contribution in [-0.2, 0) is 16.1 Å². The standard InChI is InChI=1S/C23H19N3O4/c1-30-18-6-2-5-17(12-18)20-19(21(27)16-7-10-24-11-8-16)22(28)23(29)26(20)14-15-4-3-9-25-13-15/h2-13,20,27H,14H2,1H3. The molecule has 1 atom stereocenters. The Morgan fingerprint density at radius 2 is 1.97 bits per heavy atom. The van der Waals surface area contributed by atoms with Gasteiger partial charge in [-0.15, -0.1) is 0 Å². The molecule has 0 radical (unpaired) electrons. The summed E-state index contributed by atoms with van der Waals surface area (Å²) >= 11 is 0. The number of hydrogen-bond acceptors (Lipinski definition) is 5. The van der Waals surface area contributed by atoms with E-state index in [1.54, 1.807) is 36.7 Å². The molecule has 7 nitrogen and oxygen atoms in total.